The zero-order chi connectivity index (χ0) is 15.1. The van der Waals surface area contributed by atoms with Gasteiger partial charge in [0.2, 0.25) is 0 Å². The average molecular weight is 284 g/mol. The van der Waals surface area contributed by atoms with Gasteiger partial charge in [0, 0.05) is 6.54 Å². The first-order valence-corrected chi connectivity index (χ1v) is 6.32. The second kappa shape index (κ2) is 7.06. The van der Waals surface area contributed by atoms with Crippen molar-refractivity contribution in [3.8, 4) is 11.8 Å². The summed E-state index contributed by atoms with van der Waals surface area (Å²) in [4.78, 5) is 11.6. The summed E-state index contributed by atoms with van der Waals surface area (Å²) in [6.07, 6.45) is 0. The third kappa shape index (κ3) is 4.32. The van der Waals surface area contributed by atoms with E-state index in [1.165, 1.54) is 12.1 Å². The minimum absolute atomic E-state index is 0.0472. The minimum atomic E-state index is -0.502. The maximum absolute atomic E-state index is 13.3. The van der Waals surface area contributed by atoms with Gasteiger partial charge >= 0.3 is 0 Å². The molecule has 0 unspecified atom stereocenters. The number of hydrogen-bond acceptors (Lipinski definition) is 3. The summed E-state index contributed by atoms with van der Waals surface area (Å²) in [7, 11) is 0. The number of benzene rings is 2. The molecule has 21 heavy (non-hydrogen) atoms. The van der Waals surface area contributed by atoms with Crippen LogP contribution in [0.3, 0.4) is 0 Å². The van der Waals surface area contributed by atoms with Gasteiger partial charge in [-0.3, -0.25) is 4.79 Å². The first kappa shape index (κ1) is 14.5. The van der Waals surface area contributed by atoms with Crippen molar-refractivity contribution in [2.45, 2.75) is 6.54 Å². The van der Waals surface area contributed by atoms with Gasteiger partial charge in [-0.1, -0.05) is 24.3 Å². The summed E-state index contributed by atoms with van der Waals surface area (Å²) in [5, 5.41) is 11.3. The number of carbonyl (C=O) groups excluding carboxylic acids is 1. The van der Waals surface area contributed by atoms with Gasteiger partial charge in [-0.25, -0.2) is 4.39 Å². The summed E-state index contributed by atoms with van der Waals surface area (Å²) in [5.41, 5.74) is 1.43. The second-order valence-corrected chi connectivity index (χ2v) is 4.30. The van der Waals surface area contributed by atoms with E-state index in [-0.39, 0.29) is 18.3 Å². The lowest BCUT2D eigenvalue weighted by Crippen LogP contribution is -2.28. The fraction of sp³-hybridized carbons (Fsp3) is 0.125. The highest BCUT2D eigenvalue weighted by molar-refractivity contribution is 5.77. The Bertz CT molecular complexity index is 663. The van der Waals surface area contributed by atoms with Crippen LogP contribution in [0.4, 0.5) is 4.39 Å². The van der Waals surface area contributed by atoms with E-state index in [2.05, 4.69) is 5.32 Å². The molecule has 0 saturated carbocycles. The van der Waals surface area contributed by atoms with Crippen LogP contribution in [0.2, 0.25) is 0 Å². The Hall–Kier alpha value is -2.87. The van der Waals surface area contributed by atoms with E-state index in [1.807, 2.05) is 6.07 Å². The number of carbonyl (C=O) groups is 1. The molecule has 0 atom stereocenters. The van der Waals surface area contributed by atoms with Crippen molar-refractivity contribution >= 4 is 5.91 Å². The van der Waals surface area contributed by atoms with Crippen molar-refractivity contribution in [2.75, 3.05) is 6.61 Å². The summed E-state index contributed by atoms with van der Waals surface area (Å²) in [6.45, 7) is 0.0718. The molecule has 0 bridgehead atoms. The smallest absolute Gasteiger partial charge is 0.258 e. The van der Waals surface area contributed by atoms with Crippen molar-refractivity contribution < 1.29 is 13.9 Å². The normalized spacial score (nSPS) is 9.71. The van der Waals surface area contributed by atoms with Crippen LogP contribution in [0, 0.1) is 17.1 Å². The summed E-state index contributed by atoms with van der Waals surface area (Å²) in [5.74, 6) is -0.800. The molecule has 2 rings (SSSR count). The molecule has 2 aromatic rings. The number of nitrogens with one attached hydrogen (secondary N) is 1. The fourth-order valence-electron chi connectivity index (χ4n) is 1.65. The molecule has 5 heteroatoms. The topological polar surface area (TPSA) is 62.1 Å². The van der Waals surface area contributed by atoms with Crippen molar-refractivity contribution in [3.05, 3.63) is 65.5 Å². The molecule has 1 N–H and O–H groups in total. The molecular formula is C16H13FN2O2. The van der Waals surface area contributed by atoms with E-state index in [0.29, 0.717) is 12.1 Å². The van der Waals surface area contributed by atoms with E-state index >= 15 is 0 Å². The molecule has 0 spiro atoms. The van der Waals surface area contributed by atoms with Gasteiger partial charge in [0.15, 0.2) is 18.2 Å². The van der Waals surface area contributed by atoms with Crippen LogP contribution >= 0.6 is 0 Å². The van der Waals surface area contributed by atoms with Gasteiger partial charge in [-0.05, 0) is 29.8 Å². The van der Waals surface area contributed by atoms with Crippen LogP contribution < -0.4 is 10.1 Å². The Kier molecular flexibility index (Phi) is 4.89. The second-order valence-electron chi connectivity index (χ2n) is 4.30. The predicted octanol–water partition coefficient (Wildman–Crippen LogP) is 2.39. The van der Waals surface area contributed by atoms with Gasteiger partial charge in [0.05, 0.1) is 11.6 Å². The van der Waals surface area contributed by atoms with Crippen LogP contribution in [0.1, 0.15) is 11.1 Å². The molecule has 4 nitrogen and oxygen atoms in total. The lowest BCUT2D eigenvalue weighted by Gasteiger charge is -2.08. The average Bonchev–Trinajstić information content (AvgIpc) is 2.52. The number of hydrogen-bond donors (Lipinski definition) is 1. The Balaban J connectivity index is 1.79. The number of amides is 1. The lowest BCUT2D eigenvalue weighted by molar-refractivity contribution is -0.123. The highest BCUT2D eigenvalue weighted by Crippen LogP contribution is 2.14. The Morgan fingerprint density at radius 1 is 1.19 bits per heavy atom. The largest absolute Gasteiger partial charge is 0.481 e. The quantitative estimate of drug-likeness (QED) is 0.917. The molecule has 0 aliphatic carbocycles. The molecule has 0 aromatic heterocycles. The van der Waals surface area contributed by atoms with Crippen LogP contribution in [-0.4, -0.2) is 12.5 Å². The van der Waals surface area contributed by atoms with E-state index in [9.17, 15) is 9.18 Å². The third-order valence-electron chi connectivity index (χ3n) is 2.77. The molecular weight excluding hydrogens is 271 g/mol. The van der Waals surface area contributed by atoms with Gasteiger partial charge in [-0.15, -0.1) is 0 Å². The zero-order valence-electron chi connectivity index (χ0n) is 11.2. The van der Waals surface area contributed by atoms with Crippen LogP contribution in [-0.2, 0) is 11.3 Å². The molecule has 0 aliphatic heterocycles. The number of nitriles is 1. The molecule has 2 aromatic carbocycles. The number of ether oxygens (including phenoxy) is 1. The highest BCUT2D eigenvalue weighted by Gasteiger charge is 2.06. The standard InChI is InChI=1S/C16H13FN2O2/c17-14-3-1-2-4-15(14)21-11-16(20)19-10-13-7-5-12(9-18)6-8-13/h1-8H,10-11H2,(H,19,20). The molecule has 0 radical (unpaired) electrons. The third-order valence-corrected chi connectivity index (χ3v) is 2.77. The van der Waals surface area contributed by atoms with Gasteiger partial charge < -0.3 is 10.1 Å². The molecule has 0 heterocycles. The minimum Gasteiger partial charge on any atom is -0.481 e. The van der Waals surface area contributed by atoms with E-state index in [1.54, 1.807) is 36.4 Å². The predicted molar refractivity (Wildman–Crippen MR) is 74.9 cm³/mol. The molecule has 0 fully saturated rings. The van der Waals surface area contributed by atoms with E-state index in [4.69, 9.17) is 10.00 Å². The van der Waals surface area contributed by atoms with Crippen molar-refractivity contribution in [3.63, 3.8) is 0 Å². The first-order valence-electron chi connectivity index (χ1n) is 6.32. The maximum atomic E-state index is 13.3. The van der Waals surface area contributed by atoms with Crippen LogP contribution in [0.15, 0.2) is 48.5 Å². The SMILES string of the molecule is N#Cc1ccc(CNC(=O)COc2ccccc2F)cc1. The summed E-state index contributed by atoms with van der Waals surface area (Å²) in [6, 6.07) is 14.8. The number of rotatable bonds is 5. The molecule has 0 aliphatic rings. The van der Waals surface area contributed by atoms with E-state index < -0.39 is 5.82 Å². The Morgan fingerprint density at radius 3 is 2.57 bits per heavy atom. The number of halogens is 1. The number of para-hydroxylation sites is 1. The van der Waals surface area contributed by atoms with Crippen LogP contribution in [0.5, 0.6) is 5.75 Å². The van der Waals surface area contributed by atoms with Gasteiger partial charge in [0.1, 0.15) is 0 Å². The van der Waals surface area contributed by atoms with E-state index in [0.717, 1.165) is 5.56 Å². The Labute approximate surface area is 121 Å². The first-order chi connectivity index (χ1) is 10.2. The highest BCUT2D eigenvalue weighted by atomic mass is 19.1. The van der Waals surface area contributed by atoms with Crippen LogP contribution in [0.25, 0.3) is 0 Å². The fourth-order valence-corrected chi connectivity index (χ4v) is 1.65. The summed E-state index contributed by atoms with van der Waals surface area (Å²) >= 11 is 0. The maximum Gasteiger partial charge on any atom is 0.258 e. The van der Waals surface area contributed by atoms with Gasteiger partial charge in [0.25, 0.3) is 5.91 Å². The molecule has 106 valence electrons. The Morgan fingerprint density at radius 2 is 1.90 bits per heavy atom. The van der Waals surface area contributed by atoms with Crippen molar-refractivity contribution in [1.82, 2.24) is 5.32 Å². The number of nitrogens with zero attached hydrogens (tertiary/aromatic N) is 1. The lowest BCUT2D eigenvalue weighted by atomic mass is 10.1. The molecule has 0 saturated heterocycles. The monoisotopic (exact) mass is 284 g/mol. The van der Waals surface area contributed by atoms with Crippen molar-refractivity contribution in [1.29, 1.82) is 5.26 Å². The summed E-state index contributed by atoms with van der Waals surface area (Å²) < 4.78 is 18.4. The molecule has 1 amide bonds. The van der Waals surface area contributed by atoms with Crippen molar-refractivity contribution in [2.24, 2.45) is 0 Å². The zero-order valence-corrected chi connectivity index (χ0v) is 11.2. The van der Waals surface area contributed by atoms with Gasteiger partial charge in [-0.2, -0.15) is 5.26 Å².